The third-order valence-electron chi connectivity index (χ3n) is 6.13. The van der Waals surface area contributed by atoms with E-state index >= 15 is 0 Å². The summed E-state index contributed by atoms with van der Waals surface area (Å²) in [4.78, 5) is 0. The molecule has 3 atom stereocenters. The molecule has 0 aromatic heterocycles. The summed E-state index contributed by atoms with van der Waals surface area (Å²) in [5, 5.41) is 0. The molecule has 0 fully saturated rings. The summed E-state index contributed by atoms with van der Waals surface area (Å²) in [6.07, 6.45) is 14.5. The van der Waals surface area contributed by atoms with Crippen LogP contribution in [-0.4, -0.2) is 19.4 Å². The maximum Gasteiger partial charge on any atom is 1.00 e. The summed E-state index contributed by atoms with van der Waals surface area (Å²) in [7, 11) is -3.03. The summed E-state index contributed by atoms with van der Waals surface area (Å²) in [6.45, 7) is 14.5. The molecule has 170 valence electrons. The molecule has 0 heterocycles. The molecule has 0 aliphatic rings. The highest BCUT2D eigenvalue weighted by atomic mass is 31.2. The zero-order chi connectivity index (χ0) is 21.3. The molecule has 0 saturated carbocycles. The lowest BCUT2D eigenvalue weighted by atomic mass is 10.0. The van der Waals surface area contributed by atoms with Gasteiger partial charge in [-0.15, -0.1) is 0 Å². The first kappa shape index (κ1) is 28.1. The normalized spacial score (nSPS) is 17.2. The van der Waals surface area contributed by atoms with Gasteiger partial charge in [-0.05, 0) is 37.0 Å². The van der Waals surface area contributed by atoms with Crippen molar-refractivity contribution in [2.24, 2.45) is 17.8 Å². The minimum Gasteiger partial charge on any atom is -0.308 e. The van der Waals surface area contributed by atoms with Crippen LogP contribution in [0.4, 0.5) is 0 Å². The highest BCUT2D eigenvalue weighted by Gasteiger charge is 2.30. The van der Waals surface area contributed by atoms with Gasteiger partial charge in [0.15, 0.2) is 0 Å². The van der Waals surface area contributed by atoms with Crippen LogP contribution >= 0.6 is 7.60 Å². The van der Waals surface area contributed by atoms with E-state index in [4.69, 9.17) is 9.05 Å². The van der Waals surface area contributed by atoms with E-state index in [2.05, 4.69) is 41.5 Å². The number of unbranched alkanes of at least 4 members (excludes halogenated alkanes) is 3. The van der Waals surface area contributed by atoms with Crippen molar-refractivity contribution in [1.29, 1.82) is 0 Å². The third kappa shape index (κ3) is 13.4. The van der Waals surface area contributed by atoms with Crippen molar-refractivity contribution in [2.75, 3.05) is 19.4 Å². The van der Waals surface area contributed by atoms with Crippen molar-refractivity contribution in [3.63, 3.8) is 0 Å². The Morgan fingerprint density at radius 3 is 1.32 bits per heavy atom. The van der Waals surface area contributed by atoms with Gasteiger partial charge in [0.2, 0.25) is 0 Å². The first-order valence-corrected chi connectivity index (χ1v) is 14.1. The Bertz CT molecular complexity index is 368. The van der Waals surface area contributed by atoms with Crippen LogP contribution in [0.3, 0.4) is 0 Å². The summed E-state index contributed by atoms with van der Waals surface area (Å²) in [5.41, 5.74) is 0. The van der Waals surface area contributed by atoms with Crippen molar-refractivity contribution in [3.8, 4) is 0 Å². The van der Waals surface area contributed by atoms with Crippen LogP contribution in [0.2, 0.25) is 0 Å². The van der Waals surface area contributed by atoms with Gasteiger partial charge in [0, 0.05) is 0 Å². The Balaban J connectivity index is 0. The van der Waals surface area contributed by atoms with E-state index in [0.29, 0.717) is 37.1 Å². The van der Waals surface area contributed by atoms with Gasteiger partial charge in [0.25, 0.3) is 0 Å². The van der Waals surface area contributed by atoms with Crippen LogP contribution in [0, 0.1) is 17.8 Å². The van der Waals surface area contributed by atoms with Gasteiger partial charge in [0.1, 0.15) is 0 Å². The molecule has 0 aromatic carbocycles. The van der Waals surface area contributed by atoms with Crippen molar-refractivity contribution in [1.82, 2.24) is 0 Å². The lowest BCUT2D eigenvalue weighted by Crippen LogP contribution is -2.16. The minimum atomic E-state index is -3.03. The lowest BCUT2D eigenvalue weighted by molar-refractivity contribution is 0.148. The van der Waals surface area contributed by atoms with Gasteiger partial charge in [-0.3, -0.25) is 4.57 Å². The van der Waals surface area contributed by atoms with Crippen molar-refractivity contribution in [2.45, 2.75) is 119 Å². The smallest absolute Gasteiger partial charge is 0.308 e. The van der Waals surface area contributed by atoms with Crippen LogP contribution in [0.25, 0.3) is 0 Å². The highest BCUT2D eigenvalue weighted by Crippen LogP contribution is 2.52. The molecule has 3 nitrogen and oxygen atoms in total. The maximum atomic E-state index is 13.7. The molecule has 28 heavy (non-hydrogen) atoms. The molecule has 0 amide bonds. The van der Waals surface area contributed by atoms with Gasteiger partial charge in [-0.1, -0.05) is 99.3 Å². The lowest BCUT2D eigenvalue weighted by Gasteiger charge is -2.27. The average molecular weight is 420 g/mol. The van der Waals surface area contributed by atoms with Crippen LogP contribution in [0.5, 0.6) is 0 Å². The number of hydrogen-bond donors (Lipinski definition) is 0. The average Bonchev–Trinajstić information content (AvgIpc) is 2.71. The van der Waals surface area contributed by atoms with E-state index in [0.717, 1.165) is 38.5 Å². The second kappa shape index (κ2) is 18.0. The predicted octanol–water partition coefficient (Wildman–Crippen LogP) is 8.97. The Morgan fingerprint density at radius 1 is 0.643 bits per heavy atom. The van der Waals surface area contributed by atoms with E-state index in [1.54, 1.807) is 0 Å². The second-order valence-corrected chi connectivity index (χ2v) is 10.7. The van der Waals surface area contributed by atoms with E-state index in [9.17, 15) is 4.57 Å². The van der Waals surface area contributed by atoms with E-state index in [1.165, 1.54) is 38.5 Å². The third-order valence-corrected chi connectivity index (χ3v) is 8.17. The quantitative estimate of drug-likeness (QED) is 0.185. The fourth-order valence-electron chi connectivity index (χ4n) is 3.61. The molecule has 0 bridgehead atoms. The van der Waals surface area contributed by atoms with E-state index in [1.807, 2.05) is 0 Å². The van der Waals surface area contributed by atoms with Crippen molar-refractivity contribution < 1.29 is 15.0 Å². The molecule has 0 aliphatic heterocycles. The molecule has 4 heteroatoms. The largest absolute Gasteiger partial charge is 1.00 e. The standard InChI is InChI=1S/C24H51O3P/c1-7-13-16-22(10-4)19-26-28(25,21-24(12-6)18-15-9-3)27-20-23(11-5)17-14-8-2/h22-24H,7-21H2,1-6H3/p+1. The molecule has 0 aliphatic carbocycles. The van der Waals surface area contributed by atoms with Crippen LogP contribution < -0.4 is 0 Å². The SMILES string of the molecule is CCCCC(CC)COP(=O)(CC(CC)CCCC)OCC(CC)CCCC.[H+]. The van der Waals surface area contributed by atoms with Crippen LogP contribution in [0.1, 0.15) is 120 Å². The number of hydrogen-bond acceptors (Lipinski definition) is 3. The summed E-state index contributed by atoms with van der Waals surface area (Å²) in [6, 6.07) is 0. The first-order chi connectivity index (χ1) is 13.5. The Morgan fingerprint density at radius 2 is 1.00 bits per heavy atom. The zero-order valence-electron chi connectivity index (χ0n) is 21.0. The van der Waals surface area contributed by atoms with Crippen LogP contribution in [0.15, 0.2) is 0 Å². The van der Waals surface area contributed by atoms with Crippen molar-refractivity contribution >= 4 is 7.60 Å². The minimum absolute atomic E-state index is 0. The molecule has 0 aromatic rings. The summed E-state index contributed by atoms with van der Waals surface area (Å²) >= 11 is 0. The maximum absolute atomic E-state index is 13.7. The van der Waals surface area contributed by atoms with E-state index in [-0.39, 0.29) is 1.43 Å². The van der Waals surface area contributed by atoms with Gasteiger partial charge >= 0.3 is 9.02 Å². The fourth-order valence-corrected chi connectivity index (χ4v) is 5.84. The molecule has 0 radical (unpaired) electrons. The Labute approximate surface area is 178 Å². The van der Waals surface area contributed by atoms with Gasteiger partial charge in [0.05, 0.1) is 19.4 Å². The van der Waals surface area contributed by atoms with Gasteiger partial charge in [-0.2, -0.15) is 0 Å². The monoisotopic (exact) mass is 419 g/mol. The molecule has 0 spiro atoms. The molecule has 0 saturated heterocycles. The predicted molar refractivity (Wildman–Crippen MR) is 125 cm³/mol. The molecule has 0 N–H and O–H groups in total. The second-order valence-electron chi connectivity index (χ2n) is 8.63. The fraction of sp³-hybridized carbons (Fsp3) is 1.00. The topological polar surface area (TPSA) is 35.5 Å². The van der Waals surface area contributed by atoms with Crippen molar-refractivity contribution in [3.05, 3.63) is 0 Å². The Kier molecular flexibility index (Phi) is 18.1. The van der Waals surface area contributed by atoms with Gasteiger partial charge in [-0.25, -0.2) is 0 Å². The first-order valence-electron chi connectivity index (χ1n) is 12.4. The summed E-state index contributed by atoms with van der Waals surface area (Å²) in [5.74, 6) is 1.43. The van der Waals surface area contributed by atoms with Crippen LogP contribution in [-0.2, 0) is 13.6 Å². The number of rotatable bonds is 20. The molecule has 0 rings (SSSR count). The Hall–Kier alpha value is 0.150. The molecular formula is C24H52O3P+. The summed E-state index contributed by atoms with van der Waals surface area (Å²) < 4.78 is 25.9. The van der Waals surface area contributed by atoms with E-state index < -0.39 is 7.60 Å². The zero-order valence-corrected chi connectivity index (χ0v) is 20.9. The van der Waals surface area contributed by atoms with Gasteiger partial charge < -0.3 is 9.05 Å². The molecular weight excluding hydrogens is 367 g/mol. The highest BCUT2D eigenvalue weighted by molar-refractivity contribution is 7.53. The molecule has 3 unspecified atom stereocenters.